The van der Waals surface area contributed by atoms with Crippen LogP contribution in [0.2, 0.25) is 0 Å². The number of rotatable bonds is 4. The molecule has 1 aliphatic heterocycles. The van der Waals surface area contributed by atoms with Crippen molar-refractivity contribution in [2.45, 2.75) is 51.7 Å². The third kappa shape index (κ3) is 5.30. The zero-order valence-corrected chi connectivity index (χ0v) is 17.0. The van der Waals surface area contributed by atoms with Crippen LogP contribution in [0, 0.1) is 0 Å². The number of piperidine rings is 1. The van der Waals surface area contributed by atoms with Gasteiger partial charge < -0.3 is 14.4 Å². The lowest BCUT2D eigenvalue weighted by Gasteiger charge is -2.38. The number of ether oxygens (including phenoxy) is 1. The van der Waals surface area contributed by atoms with Crippen LogP contribution < -0.4 is 4.90 Å². The maximum atomic E-state index is 13.2. The fraction of sp³-hybridized carbons (Fsp3) is 0.526. The first-order chi connectivity index (χ1) is 12.2. The molecule has 26 heavy (non-hydrogen) atoms. The van der Waals surface area contributed by atoms with E-state index in [4.69, 9.17) is 4.74 Å². The van der Waals surface area contributed by atoms with E-state index < -0.39 is 17.7 Å². The van der Waals surface area contributed by atoms with Crippen LogP contribution in [-0.2, 0) is 14.3 Å². The van der Waals surface area contributed by atoms with Crippen LogP contribution in [0.4, 0.5) is 10.5 Å². The van der Waals surface area contributed by atoms with Crippen molar-refractivity contribution in [1.29, 1.82) is 0 Å². The lowest BCUT2D eigenvalue weighted by Crippen LogP contribution is -2.54. The molecule has 1 saturated heterocycles. The fourth-order valence-corrected chi connectivity index (χ4v) is 3.19. The maximum Gasteiger partial charge on any atom is 0.410 e. The first-order valence-electron chi connectivity index (χ1n) is 8.73. The first kappa shape index (κ1) is 20.4. The number of hydrogen-bond acceptors (Lipinski definition) is 4. The number of amides is 2. The van der Waals surface area contributed by atoms with Crippen molar-refractivity contribution in [3.05, 3.63) is 28.7 Å². The van der Waals surface area contributed by atoms with Crippen LogP contribution in [0.15, 0.2) is 28.7 Å². The Morgan fingerprint density at radius 1 is 1.27 bits per heavy atom. The average Bonchev–Trinajstić information content (AvgIpc) is 2.58. The van der Waals surface area contributed by atoms with E-state index in [0.717, 1.165) is 17.3 Å². The molecule has 0 N–H and O–H groups in total. The van der Waals surface area contributed by atoms with Gasteiger partial charge in [-0.1, -0.05) is 15.9 Å². The van der Waals surface area contributed by atoms with Crippen molar-refractivity contribution in [1.82, 2.24) is 4.90 Å². The third-order valence-electron chi connectivity index (χ3n) is 4.08. The largest absolute Gasteiger partial charge is 0.444 e. The number of hydrogen-bond donors (Lipinski definition) is 0. The van der Waals surface area contributed by atoms with Crippen LogP contribution in [0.3, 0.4) is 0 Å². The first-order valence-corrected chi connectivity index (χ1v) is 9.52. The van der Waals surface area contributed by atoms with Crippen molar-refractivity contribution in [2.24, 2.45) is 0 Å². The van der Waals surface area contributed by atoms with Crippen molar-refractivity contribution in [3.63, 3.8) is 0 Å². The van der Waals surface area contributed by atoms with Crippen molar-refractivity contribution >= 4 is 39.9 Å². The molecule has 0 aliphatic carbocycles. The fourth-order valence-electron chi connectivity index (χ4n) is 2.93. The summed E-state index contributed by atoms with van der Waals surface area (Å²) in [6.07, 6.45) is 2.45. The summed E-state index contributed by atoms with van der Waals surface area (Å²) in [4.78, 5) is 39.8. The van der Waals surface area contributed by atoms with E-state index in [-0.39, 0.29) is 12.5 Å². The summed E-state index contributed by atoms with van der Waals surface area (Å²) in [5.41, 5.74) is -0.00364. The molecule has 0 radical (unpaired) electrons. The van der Waals surface area contributed by atoms with Gasteiger partial charge in [0, 0.05) is 16.7 Å². The van der Waals surface area contributed by atoms with Crippen LogP contribution >= 0.6 is 15.9 Å². The minimum absolute atomic E-state index is 0.0564. The molecule has 1 aliphatic rings. The molecular weight excluding hydrogens is 400 g/mol. The number of carbonyl (C=O) groups excluding carboxylic acids is 3. The second-order valence-corrected chi connectivity index (χ2v) is 8.19. The highest BCUT2D eigenvalue weighted by atomic mass is 79.9. The smallest absolute Gasteiger partial charge is 0.410 e. The number of benzene rings is 1. The minimum Gasteiger partial charge on any atom is -0.444 e. The summed E-state index contributed by atoms with van der Waals surface area (Å²) in [6, 6.07) is 6.54. The number of anilines is 1. The molecule has 1 aromatic rings. The standard InChI is InChI=1S/C19H25BrN2O4/c1-19(2,3)26-18(25)22-11-5-4-6-16(22)17(24)21(12-13-23)15-9-7-14(20)8-10-15/h7-10,13,16H,4-6,11-12H2,1-3H3. The number of carbonyl (C=O) groups is 3. The second-order valence-electron chi connectivity index (χ2n) is 7.28. The Morgan fingerprint density at radius 2 is 1.92 bits per heavy atom. The highest BCUT2D eigenvalue weighted by Gasteiger charge is 2.37. The Hall–Kier alpha value is -1.89. The van der Waals surface area contributed by atoms with Gasteiger partial charge in [-0.15, -0.1) is 0 Å². The van der Waals surface area contributed by atoms with Gasteiger partial charge in [-0.2, -0.15) is 0 Å². The topological polar surface area (TPSA) is 66.9 Å². The number of aldehydes is 1. The van der Waals surface area contributed by atoms with Crippen LogP contribution in [0.1, 0.15) is 40.0 Å². The Morgan fingerprint density at radius 3 is 2.50 bits per heavy atom. The number of likely N-dealkylation sites (tertiary alicyclic amines) is 1. The molecule has 1 heterocycles. The molecule has 142 valence electrons. The zero-order valence-electron chi connectivity index (χ0n) is 15.4. The monoisotopic (exact) mass is 424 g/mol. The predicted octanol–water partition coefficient (Wildman–Crippen LogP) is 3.77. The molecule has 1 atom stereocenters. The number of nitrogens with zero attached hydrogens (tertiary/aromatic N) is 2. The van der Waals surface area contributed by atoms with E-state index in [2.05, 4.69) is 15.9 Å². The predicted molar refractivity (Wildman–Crippen MR) is 103 cm³/mol. The quantitative estimate of drug-likeness (QED) is 0.689. The Labute approximate surface area is 162 Å². The van der Waals surface area contributed by atoms with Crippen LogP contribution in [0.25, 0.3) is 0 Å². The molecule has 1 aromatic carbocycles. The van der Waals surface area contributed by atoms with Crippen molar-refractivity contribution in [2.75, 3.05) is 18.0 Å². The molecule has 0 aromatic heterocycles. The van der Waals surface area contributed by atoms with E-state index in [0.29, 0.717) is 24.9 Å². The van der Waals surface area contributed by atoms with Gasteiger partial charge in [0.15, 0.2) is 0 Å². The van der Waals surface area contributed by atoms with E-state index in [1.165, 1.54) is 9.80 Å². The molecule has 0 spiro atoms. The van der Waals surface area contributed by atoms with Gasteiger partial charge in [-0.05, 0) is 64.3 Å². The van der Waals surface area contributed by atoms with Gasteiger partial charge in [0.05, 0.1) is 6.54 Å². The summed E-state index contributed by atoms with van der Waals surface area (Å²) < 4.78 is 6.34. The minimum atomic E-state index is -0.629. The SMILES string of the molecule is CC(C)(C)OC(=O)N1CCCCC1C(=O)N(CC=O)c1ccc(Br)cc1. The molecule has 2 amide bonds. The Bertz CT molecular complexity index is 654. The summed E-state index contributed by atoms with van der Waals surface area (Å²) in [5, 5.41) is 0. The number of halogens is 1. The van der Waals surface area contributed by atoms with Gasteiger partial charge >= 0.3 is 6.09 Å². The van der Waals surface area contributed by atoms with Crippen LogP contribution in [-0.4, -0.2) is 47.9 Å². The van der Waals surface area contributed by atoms with Gasteiger partial charge in [0.2, 0.25) is 5.91 Å². The van der Waals surface area contributed by atoms with Crippen molar-refractivity contribution < 1.29 is 19.1 Å². The lowest BCUT2D eigenvalue weighted by molar-refractivity contribution is -0.125. The highest BCUT2D eigenvalue weighted by molar-refractivity contribution is 9.10. The van der Waals surface area contributed by atoms with Gasteiger partial charge in [0.25, 0.3) is 0 Å². The molecule has 1 unspecified atom stereocenters. The summed E-state index contributed by atoms with van der Waals surface area (Å²) >= 11 is 3.36. The molecule has 0 bridgehead atoms. The van der Waals surface area contributed by atoms with E-state index in [1.807, 2.05) is 12.1 Å². The van der Waals surface area contributed by atoms with E-state index >= 15 is 0 Å². The summed E-state index contributed by atoms with van der Waals surface area (Å²) in [6.45, 7) is 5.81. The zero-order chi connectivity index (χ0) is 19.3. The molecule has 2 rings (SSSR count). The van der Waals surface area contributed by atoms with Gasteiger partial charge in [-0.3, -0.25) is 9.69 Å². The van der Waals surface area contributed by atoms with Crippen molar-refractivity contribution in [3.8, 4) is 0 Å². The third-order valence-corrected chi connectivity index (χ3v) is 4.61. The average molecular weight is 425 g/mol. The van der Waals surface area contributed by atoms with E-state index in [9.17, 15) is 14.4 Å². The van der Waals surface area contributed by atoms with Gasteiger partial charge in [-0.25, -0.2) is 4.79 Å². The normalized spacial score (nSPS) is 17.5. The second kappa shape index (κ2) is 8.66. The summed E-state index contributed by atoms with van der Waals surface area (Å²) in [5.74, 6) is -0.259. The Balaban J connectivity index is 2.25. The van der Waals surface area contributed by atoms with Gasteiger partial charge in [0.1, 0.15) is 17.9 Å². The maximum absolute atomic E-state index is 13.2. The van der Waals surface area contributed by atoms with E-state index in [1.54, 1.807) is 32.9 Å². The summed E-state index contributed by atoms with van der Waals surface area (Å²) in [7, 11) is 0. The lowest BCUT2D eigenvalue weighted by atomic mass is 10.0. The molecule has 6 nitrogen and oxygen atoms in total. The molecule has 7 heteroatoms. The highest BCUT2D eigenvalue weighted by Crippen LogP contribution is 2.25. The molecule has 1 fully saturated rings. The molecular formula is C19H25BrN2O4. The Kier molecular flexibility index (Phi) is 6.81. The van der Waals surface area contributed by atoms with Crippen LogP contribution in [0.5, 0.6) is 0 Å². The molecule has 0 saturated carbocycles.